The second kappa shape index (κ2) is 10.0. The second-order valence-electron chi connectivity index (χ2n) is 12.2. The lowest BCUT2D eigenvalue weighted by Crippen LogP contribution is -2.54. The first-order chi connectivity index (χ1) is 20.6. The minimum absolute atomic E-state index is 0.0157. The number of amides is 1. The van der Waals surface area contributed by atoms with Gasteiger partial charge in [0.25, 0.3) is 0 Å². The molecule has 0 N–H and O–H groups in total. The molecular formula is C34H34FN4O3P. The number of para-hydroxylation sites is 1. The van der Waals surface area contributed by atoms with Crippen LogP contribution in [0.4, 0.5) is 10.2 Å². The number of aromatic nitrogens is 2. The molecule has 2 fully saturated rings. The molecule has 7 nitrogen and oxygen atoms in total. The molecule has 1 amide bonds. The van der Waals surface area contributed by atoms with Crippen LogP contribution in [-0.4, -0.2) is 46.0 Å². The third kappa shape index (κ3) is 4.29. The molecule has 9 heteroatoms. The van der Waals surface area contributed by atoms with Crippen molar-refractivity contribution < 1.29 is 13.9 Å². The molecule has 3 heterocycles. The minimum Gasteiger partial charge on any atom is -0.486 e. The van der Waals surface area contributed by atoms with Crippen LogP contribution in [0.25, 0.3) is 27.7 Å². The Morgan fingerprint density at radius 1 is 1.19 bits per heavy atom. The summed E-state index contributed by atoms with van der Waals surface area (Å²) in [6.45, 7) is 11.6. The van der Waals surface area contributed by atoms with E-state index in [1.807, 2.05) is 32.0 Å². The van der Waals surface area contributed by atoms with E-state index in [1.165, 1.54) is 12.1 Å². The first-order valence-corrected chi connectivity index (χ1v) is 15.3. The maximum atomic E-state index is 14.9. The van der Waals surface area contributed by atoms with Gasteiger partial charge in [-0.15, -0.1) is 9.24 Å². The van der Waals surface area contributed by atoms with Gasteiger partial charge in [-0.2, -0.15) is 4.98 Å². The van der Waals surface area contributed by atoms with E-state index < -0.39 is 5.69 Å². The van der Waals surface area contributed by atoms with Crippen molar-refractivity contribution in [2.45, 2.75) is 51.7 Å². The summed E-state index contributed by atoms with van der Waals surface area (Å²) in [6.07, 6.45) is 3.43. The molecule has 1 saturated carbocycles. The Bertz CT molecular complexity index is 1910. The lowest BCUT2D eigenvalue weighted by molar-refractivity contribution is -0.126. The highest BCUT2D eigenvalue weighted by Gasteiger charge is 2.41. The van der Waals surface area contributed by atoms with Crippen molar-refractivity contribution in [3.05, 3.63) is 88.1 Å². The van der Waals surface area contributed by atoms with Crippen molar-refractivity contribution in [1.82, 2.24) is 14.5 Å². The average Bonchev–Trinajstić information content (AvgIpc) is 3.76. The Kier molecular flexibility index (Phi) is 6.47. The smallest absolute Gasteiger partial charge is 0.354 e. The standard InChI is InChI=1S/C34H34FN4O3P/c1-5-26(40)37-14-15-38(20(3)17-37)32-22-16-19(2)27-28-21(10-11-24(35)31(28)43)18-42-30(27)29(22)39(33(41)36-32)25-9-7-6-8-23(25)34(4)12-13-34/h5-11,16,20H,1,12-15,17-18,43H2,2-4H3/t20-/m0/s1. The highest BCUT2D eigenvalue weighted by molar-refractivity contribution is 7.28. The molecule has 4 aromatic rings. The van der Waals surface area contributed by atoms with Crippen LogP contribution >= 0.6 is 9.24 Å². The zero-order chi connectivity index (χ0) is 30.2. The minimum atomic E-state index is -0.401. The number of ether oxygens (including phenoxy) is 1. The van der Waals surface area contributed by atoms with Gasteiger partial charge in [0.05, 0.1) is 5.69 Å². The van der Waals surface area contributed by atoms with Gasteiger partial charge >= 0.3 is 5.69 Å². The first kappa shape index (κ1) is 27.8. The summed E-state index contributed by atoms with van der Waals surface area (Å²) in [7, 11) is 2.56. The number of rotatable bonds is 4. The fourth-order valence-corrected chi connectivity index (χ4v) is 7.23. The summed E-state index contributed by atoms with van der Waals surface area (Å²) in [5.41, 5.74) is 5.47. The van der Waals surface area contributed by atoms with Gasteiger partial charge in [0.2, 0.25) is 5.91 Å². The third-order valence-corrected chi connectivity index (χ3v) is 9.96. The van der Waals surface area contributed by atoms with E-state index in [2.05, 4.69) is 39.8 Å². The van der Waals surface area contributed by atoms with Crippen LogP contribution < -0.4 is 20.6 Å². The molecule has 7 rings (SSSR count). The van der Waals surface area contributed by atoms with E-state index in [1.54, 1.807) is 15.5 Å². The van der Waals surface area contributed by atoms with Crippen LogP contribution in [0.3, 0.4) is 0 Å². The number of aryl methyl sites for hydroxylation is 1. The monoisotopic (exact) mass is 596 g/mol. The molecule has 0 bridgehead atoms. The number of carbonyl (C=O) groups is 1. The Morgan fingerprint density at radius 2 is 1.95 bits per heavy atom. The molecule has 1 saturated heterocycles. The fourth-order valence-electron chi connectivity index (χ4n) is 6.80. The molecule has 0 radical (unpaired) electrons. The average molecular weight is 597 g/mol. The molecular weight excluding hydrogens is 562 g/mol. The van der Waals surface area contributed by atoms with Crippen molar-refractivity contribution in [1.29, 1.82) is 0 Å². The van der Waals surface area contributed by atoms with Gasteiger partial charge in [-0.3, -0.25) is 9.36 Å². The van der Waals surface area contributed by atoms with E-state index in [9.17, 15) is 14.0 Å². The molecule has 1 aliphatic carbocycles. The number of anilines is 1. The van der Waals surface area contributed by atoms with Crippen molar-refractivity contribution in [3.8, 4) is 22.6 Å². The maximum Gasteiger partial charge on any atom is 0.354 e. The van der Waals surface area contributed by atoms with E-state index in [0.29, 0.717) is 42.0 Å². The van der Waals surface area contributed by atoms with Gasteiger partial charge in [0, 0.05) is 47.5 Å². The van der Waals surface area contributed by atoms with Crippen molar-refractivity contribution >= 4 is 37.2 Å². The Labute approximate surface area is 252 Å². The Morgan fingerprint density at radius 3 is 2.67 bits per heavy atom. The van der Waals surface area contributed by atoms with Crippen molar-refractivity contribution in [3.63, 3.8) is 0 Å². The van der Waals surface area contributed by atoms with Crippen LogP contribution in [0, 0.1) is 12.7 Å². The summed E-state index contributed by atoms with van der Waals surface area (Å²) in [5, 5.41) is 1.27. The quantitative estimate of drug-likeness (QED) is 0.240. The van der Waals surface area contributed by atoms with Gasteiger partial charge < -0.3 is 14.5 Å². The zero-order valence-corrected chi connectivity index (χ0v) is 25.8. The molecule has 2 atom stereocenters. The van der Waals surface area contributed by atoms with E-state index in [0.717, 1.165) is 51.7 Å². The number of benzene rings is 3. The van der Waals surface area contributed by atoms with Crippen LogP contribution in [0.15, 0.2) is 59.9 Å². The summed E-state index contributed by atoms with van der Waals surface area (Å²) >= 11 is 0. The molecule has 43 heavy (non-hydrogen) atoms. The third-order valence-electron chi connectivity index (χ3n) is 9.39. The lowest BCUT2D eigenvalue weighted by atomic mass is 9.91. The van der Waals surface area contributed by atoms with Crippen LogP contribution in [0.5, 0.6) is 5.75 Å². The molecule has 3 aromatic carbocycles. The fraction of sp³-hybridized carbons (Fsp3) is 0.324. The van der Waals surface area contributed by atoms with E-state index >= 15 is 0 Å². The van der Waals surface area contributed by atoms with Crippen LogP contribution in [0.2, 0.25) is 0 Å². The van der Waals surface area contributed by atoms with E-state index in [4.69, 9.17) is 9.72 Å². The van der Waals surface area contributed by atoms with Crippen molar-refractivity contribution in [2.24, 2.45) is 0 Å². The molecule has 3 aliphatic rings. The normalized spacial score (nSPS) is 18.6. The van der Waals surface area contributed by atoms with Crippen molar-refractivity contribution in [2.75, 3.05) is 24.5 Å². The van der Waals surface area contributed by atoms with Gasteiger partial charge in [-0.1, -0.05) is 37.8 Å². The van der Waals surface area contributed by atoms with E-state index in [-0.39, 0.29) is 29.8 Å². The Hall–Kier alpha value is -4.03. The lowest BCUT2D eigenvalue weighted by Gasteiger charge is -2.40. The Balaban J connectivity index is 1.54. The highest BCUT2D eigenvalue weighted by Crippen LogP contribution is 2.51. The molecule has 220 valence electrons. The maximum absolute atomic E-state index is 14.9. The summed E-state index contributed by atoms with van der Waals surface area (Å²) in [6, 6.07) is 13.2. The van der Waals surface area contributed by atoms with Crippen LogP contribution in [-0.2, 0) is 16.8 Å². The highest BCUT2D eigenvalue weighted by atomic mass is 31.0. The molecule has 1 unspecified atom stereocenters. The zero-order valence-electron chi connectivity index (χ0n) is 24.6. The van der Waals surface area contributed by atoms with Crippen LogP contribution in [0.1, 0.15) is 43.4 Å². The number of hydrogen-bond acceptors (Lipinski definition) is 5. The first-order valence-electron chi connectivity index (χ1n) is 14.7. The number of carbonyl (C=O) groups excluding carboxylic acids is 1. The SMILES string of the molecule is C=CC(=O)N1CCN(c2nc(=O)n(-c3ccccc3C3(C)CC3)c3c4c(c(C)cc23)-c2c(ccc(F)c2P)CO4)[C@@H](C)C1. The van der Waals surface area contributed by atoms with Gasteiger partial charge in [-0.25, -0.2) is 9.18 Å². The molecule has 0 spiro atoms. The number of fused-ring (bicyclic) bond motifs is 5. The summed E-state index contributed by atoms with van der Waals surface area (Å²) < 4.78 is 23.2. The topological polar surface area (TPSA) is 67.7 Å². The molecule has 2 aliphatic heterocycles. The number of piperazine rings is 1. The predicted molar refractivity (Wildman–Crippen MR) is 171 cm³/mol. The van der Waals surface area contributed by atoms with Gasteiger partial charge in [-0.05, 0) is 73.1 Å². The van der Waals surface area contributed by atoms with Gasteiger partial charge in [0.1, 0.15) is 23.8 Å². The van der Waals surface area contributed by atoms with Gasteiger partial charge in [0.15, 0.2) is 5.75 Å². The summed E-state index contributed by atoms with van der Waals surface area (Å²) in [4.78, 5) is 35.3. The number of hydrogen-bond donors (Lipinski definition) is 0. The number of halogens is 1. The predicted octanol–water partition coefficient (Wildman–Crippen LogP) is 5.17. The number of nitrogens with zero attached hydrogens (tertiary/aromatic N) is 4. The largest absolute Gasteiger partial charge is 0.486 e. The second-order valence-corrected chi connectivity index (χ2v) is 12.8. The molecule has 1 aromatic heterocycles. The summed E-state index contributed by atoms with van der Waals surface area (Å²) in [5.74, 6) is 0.704.